The molecular weight excluding hydrogens is 287 g/mol. The van der Waals surface area contributed by atoms with E-state index in [2.05, 4.69) is 4.98 Å². The van der Waals surface area contributed by atoms with Gasteiger partial charge in [0.1, 0.15) is 5.82 Å². The Hall–Kier alpha value is -1.97. The molecule has 2 nitrogen and oxygen atoms in total. The molecule has 3 aromatic rings. The summed E-state index contributed by atoms with van der Waals surface area (Å²) in [5.74, 6) is -0.413. The molecule has 2 N–H and O–H groups in total. The summed E-state index contributed by atoms with van der Waals surface area (Å²) >= 11 is 5.69. The van der Waals surface area contributed by atoms with E-state index in [0.29, 0.717) is 6.42 Å². The molecular formula is C17H14ClFN2. The van der Waals surface area contributed by atoms with Crippen LogP contribution < -0.4 is 5.73 Å². The maximum absolute atomic E-state index is 13.5. The van der Waals surface area contributed by atoms with Crippen LogP contribution in [0.3, 0.4) is 0 Å². The second-order valence-electron chi connectivity index (χ2n) is 5.01. The molecule has 0 bridgehead atoms. The van der Waals surface area contributed by atoms with E-state index in [9.17, 15) is 4.39 Å². The maximum atomic E-state index is 13.5. The average Bonchev–Trinajstić information content (AvgIpc) is 2.50. The van der Waals surface area contributed by atoms with Gasteiger partial charge >= 0.3 is 0 Å². The van der Waals surface area contributed by atoms with Crippen molar-refractivity contribution in [2.75, 3.05) is 0 Å². The number of nitrogens with two attached hydrogens (primary N) is 1. The molecule has 0 fully saturated rings. The Balaban J connectivity index is 1.85. The second kappa shape index (κ2) is 5.80. The molecule has 21 heavy (non-hydrogen) atoms. The van der Waals surface area contributed by atoms with Crippen LogP contribution in [0.25, 0.3) is 10.9 Å². The van der Waals surface area contributed by atoms with Crippen molar-refractivity contribution in [1.29, 1.82) is 0 Å². The molecule has 1 unspecified atom stereocenters. The van der Waals surface area contributed by atoms with E-state index >= 15 is 0 Å². The van der Waals surface area contributed by atoms with Gasteiger partial charge in [0.2, 0.25) is 0 Å². The molecule has 0 aliphatic heterocycles. The van der Waals surface area contributed by atoms with Gasteiger partial charge in [-0.05, 0) is 47.9 Å². The molecule has 0 spiro atoms. The lowest BCUT2D eigenvalue weighted by Crippen LogP contribution is -2.13. The number of benzene rings is 2. The predicted molar refractivity (Wildman–Crippen MR) is 83.8 cm³/mol. The third-order valence-corrected chi connectivity index (χ3v) is 3.80. The molecule has 2 aromatic carbocycles. The lowest BCUT2D eigenvalue weighted by atomic mass is 9.98. The summed E-state index contributed by atoms with van der Waals surface area (Å²) in [6.45, 7) is 0. The predicted octanol–water partition coefficient (Wildman–Crippen LogP) is 4.27. The van der Waals surface area contributed by atoms with Crippen molar-refractivity contribution in [2.45, 2.75) is 12.5 Å². The molecule has 1 aromatic heterocycles. The largest absolute Gasteiger partial charge is 0.324 e. The molecule has 0 aliphatic carbocycles. The Labute approximate surface area is 127 Å². The first kappa shape index (κ1) is 14.0. The van der Waals surface area contributed by atoms with Crippen molar-refractivity contribution in [2.24, 2.45) is 5.73 Å². The maximum Gasteiger partial charge on any atom is 0.142 e. The van der Waals surface area contributed by atoms with Gasteiger partial charge in [0.25, 0.3) is 0 Å². The van der Waals surface area contributed by atoms with Crippen LogP contribution in [-0.2, 0) is 6.42 Å². The SMILES string of the molecule is NC(Cc1ccc(Cl)c(F)c1)c1ccc2ncccc2c1. The summed E-state index contributed by atoms with van der Waals surface area (Å²) in [6.07, 6.45) is 2.32. The third-order valence-electron chi connectivity index (χ3n) is 3.49. The van der Waals surface area contributed by atoms with Gasteiger partial charge in [-0.25, -0.2) is 4.39 Å². The lowest BCUT2D eigenvalue weighted by molar-refractivity contribution is 0.622. The van der Waals surface area contributed by atoms with E-state index in [0.717, 1.165) is 22.0 Å². The van der Waals surface area contributed by atoms with Crippen molar-refractivity contribution >= 4 is 22.5 Å². The van der Waals surface area contributed by atoms with Crippen molar-refractivity contribution in [3.63, 3.8) is 0 Å². The quantitative estimate of drug-likeness (QED) is 0.784. The van der Waals surface area contributed by atoms with E-state index in [-0.39, 0.29) is 11.1 Å². The average molecular weight is 301 g/mol. The van der Waals surface area contributed by atoms with Crippen LogP contribution in [0, 0.1) is 5.82 Å². The zero-order valence-electron chi connectivity index (χ0n) is 11.3. The highest BCUT2D eigenvalue weighted by atomic mass is 35.5. The van der Waals surface area contributed by atoms with Gasteiger partial charge in [0, 0.05) is 17.6 Å². The Bertz CT molecular complexity index is 789. The molecule has 0 aliphatic rings. The van der Waals surface area contributed by atoms with E-state index < -0.39 is 5.82 Å². The van der Waals surface area contributed by atoms with Crippen molar-refractivity contribution < 1.29 is 4.39 Å². The van der Waals surface area contributed by atoms with Crippen LogP contribution in [0.2, 0.25) is 5.02 Å². The van der Waals surface area contributed by atoms with Crippen LogP contribution >= 0.6 is 11.6 Å². The number of hydrogen-bond acceptors (Lipinski definition) is 2. The highest BCUT2D eigenvalue weighted by molar-refractivity contribution is 6.30. The summed E-state index contributed by atoms with van der Waals surface area (Å²) in [5, 5.41) is 1.18. The fourth-order valence-electron chi connectivity index (χ4n) is 2.36. The van der Waals surface area contributed by atoms with Gasteiger partial charge in [0.15, 0.2) is 0 Å². The van der Waals surface area contributed by atoms with Crippen LogP contribution in [0.5, 0.6) is 0 Å². The molecule has 4 heteroatoms. The third kappa shape index (κ3) is 3.04. The first-order valence-corrected chi connectivity index (χ1v) is 7.05. The van der Waals surface area contributed by atoms with Crippen LogP contribution in [0.15, 0.2) is 54.7 Å². The molecule has 106 valence electrons. The number of aromatic nitrogens is 1. The standard InChI is InChI=1S/C17H14ClFN2/c18-14-5-3-11(8-15(14)19)9-16(20)12-4-6-17-13(10-12)2-1-7-21-17/h1-8,10,16H,9,20H2. The zero-order chi connectivity index (χ0) is 14.8. The molecule has 1 heterocycles. The van der Waals surface area contributed by atoms with Crippen molar-refractivity contribution in [3.8, 4) is 0 Å². The summed E-state index contributed by atoms with van der Waals surface area (Å²) < 4.78 is 13.5. The van der Waals surface area contributed by atoms with Crippen LogP contribution in [-0.4, -0.2) is 4.98 Å². The number of nitrogens with zero attached hydrogens (tertiary/aromatic N) is 1. The highest BCUT2D eigenvalue weighted by Gasteiger charge is 2.10. The molecule has 0 amide bonds. The summed E-state index contributed by atoms with van der Waals surface area (Å²) in [5.41, 5.74) is 9.00. The van der Waals surface area contributed by atoms with Crippen molar-refractivity contribution in [3.05, 3.63) is 76.7 Å². The second-order valence-corrected chi connectivity index (χ2v) is 5.42. The van der Waals surface area contributed by atoms with Crippen LogP contribution in [0.1, 0.15) is 17.2 Å². The summed E-state index contributed by atoms with van der Waals surface area (Å²) in [7, 11) is 0. The highest BCUT2D eigenvalue weighted by Crippen LogP contribution is 2.22. The van der Waals surface area contributed by atoms with E-state index in [1.165, 1.54) is 6.07 Å². The Kier molecular flexibility index (Phi) is 3.86. The number of rotatable bonds is 3. The normalized spacial score (nSPS) is 12.5. The fraction of sp³-hybridized carbons (Fsp3) is 0.118. The van der Waals surface area contributed by atoms with Gasteiger partial charge in [-0.2, -0.15) is 0 Å². The van der Waals surface area contributed by atoms with Gasteiger partial charge in [0.05, 0.1) is 10.5 Å². The van der Waals surface area contributed by atoms with E-state index in [4.69, 9.17) is 17.3 Å². The number of fused-ring (bicyclic) bond motifs is 1. The van der Waals surface area contributed by atoms with Crippen molar-refractivity contribution in [1.82, 2.24) is 4.98 Å². The first-order chi connectivity index (χ1) is 10.1. The first-order valence-electron chi connectivity index (χ1n) is 6.67. The number of halogens is 2. The fourth-order valence-corrected chi connectivity index (χ4v) is 2.48. The Morgan fingerprint density at radius 3 is 2.81 bits per heavy atom. The van der Waals surface area contributed by atoms with Crippen LogP contribution in [0.4, 0.5) is 4.39 Å². The zero-order valence-corrected chi connectivity index (χ0v) is 12.0. The summed E-state index contributed by atoms with van der Waals surface area (Å²) in [4.78, 5) is 4.28. The van der Waals surface area contributed by atoms with Gasteiger partial charge in [-0.15, -0.1) is 0 Å². The molecule has 3 rings (SSSR count). The minimum Gasteiger partial charge on any atom is -0.324 e. The smallest absolute Gasteiger partial charge is 0.142 e. The van der Waals surface area contributed by atoms with E-state index in [1.54, 1.807) is 18.3 Å². The minimum absolute atomic E-state index is 0.129. The van der Waals surface area contributed by atoms with Gasteiger partial charge in [-0.3, -0.25) is 4.98 Å². The molecule has 0 radical (unpaired) electrons. The monoisotopic (exact) mass is 300 g/mol. The number of pyridine rings is 1. The molecule has 0 saturated heterocycles. The topological polar surface area (TPSA) is 38.9 Å². The summed E-state index contributed by atoms with van der Waals surface area (Å²) in [6, 6.07) is 14.4. The Morgan fingerprint density at radius 2 is 2.00 bits per heavy atom. The Morgan fingerprint density at radius 1 is 1.14 bits per heavy atom. The lowest BCUT2D eigenvalue weighted by Gasteiger charge is -2.13. The van der Waals surface area contributed by atoms with Gasteiger partial charge < -0.3 is 5.73 Å². The minimum atomic E-state index is -0.413. The van der Waals surface area contributed by atoms with E-state index in [1.807, 2.05) is 30.3 Å². The van der Waals surface area contributed by atoms with Gasteiger partial charge in [-0.1, -0.05) is 29.8 Å². The molecule has 0 saturated carbocycles. The number of hydrogen-bond donors (Lipinski definition) is 1. The molecule has 1 atom stereocenters.